The first kappa shape index (κ1) is 15.3. The zero-order valence-electron chi connectivity index (χ0n) is 13.3. The molecule has 0 bridgehead atoms. The Labute approximate surface area is 142 Å². The van der Waals surface area contributed by atoms with Crippen molar-refractivity contribution in [2.24, 2.45) is 0 Å². The zero-order chi connectivity index (χ0) is 17.4. The summed E-state index contributed by atoms with van der Waals surface area (Å²) in [7, 11) is 0. The molecule has 0 saturated carbocycles. The first-order chi connectivity index (χ1) is 12.1. The van der Waals surface area contributed by atoms with Gasteiger partial charge in [0.15, 0.2) is 0 Å². The maximum absolute atomic E-state index is 13.1. The Hall–Kier alpha value is -3.27. The van der Waals surface area contributed by atoms with Crippen molar-refractivity contribution in [1.29, 1.82) is 0 Å². The molecule has 1 aromatic heterocycles. The molecule has 122 valence electrons. The van der Waals surface area contributed by atoms with E-state index in [0.29, 0.717) is 16.3 Å². The quantitative estimate of drug-likeness (QED) is 0.562. The number of fused-ring (bicyclic) bond motifs is 3. The lowest BCUT2D eigenvalue weighted by Crippen LogP contribution is -2.30. The minimum Gasteiger partial charge on any atom is -0.270 e. The van der Waals surface area contributed by atoms with E-state index in [1.807, 2.05) is 24.3 Å². The second-order valence-electron chi connectivity index (χ2n) is 5.91. The number of aromatic nitrogens is 1. The lowest BCUT2D eigenvalue weighted by atomic mass is 10.1. The molecule has 0 atom stereocenters. The van der Waals surface area contributed by atoms with Crippen LogP contribution in [0.25, 0.3) is 21.5 Å². The van der Waals surface area contributed by atoms with E-state index in [1.165, 1.54) is 16.7 Å². The highest BCUT2D eigenvalue weighted by Crippen LogP contribution is 2.19. The molecule has 0 spiro atoms. The van der Waals surface area contributed by atoms with E-state index in [1.54, 1.807) is 36.4 Å². The van der Waals surface area contributed by atoms with Crippen molar-refractivity contribution in [2.45, 2.75) is 6.54 Å². The monoisotopic (exact) mass is 331 g/mol. The van der Waals surface area contributed by atoms with Gasteiger partial charge >= 0.3 is 0 Å². The lowest BCUT2D eigenvalue weighted by Gasteiger charge is -2.03. The van der Waals surface area contributed by atoms with Crippen molar-refractivity contribution in [1.82, 2.24) is 4.57 Å². The number of nitrogens with zero attached hydrogens (tertiary/aromatic N) is 1. The Morgan fingerprint density at radius 1 is 0.640 bits per heavy atom. The number of rotatable bonds is 2. The van der Waals surface area contributed by atoms with Gasteiger partial charge in [-0.05, 0) is 40.6 Å². The van der Waals surface area contributed by atoms with Gasteiger partial charge in [0.25, 0.3) is 11.1 Å². The van der Waals surface area contributed by atoms with Crippen LogP contribution in [-0.4, -0.2) is 4.57 Å². The lowest BCUT2D eigenvalue weighted by molar-refractivity contribution is 0.626. The summed E-state index contributed by atoms with van der Waals surface area (Å²) in [6, 6.07) is 20.2. The van der Waals surface area contributed by atoms with Crippen LogP contribution in [0.2, 0.25) is 0 Å². The van der Waals surface area contributed by atoms with Crippen molar-refractivity contribution in [3.63, 3.8) is 0 Å². The third-order valence-corrected chi connectivity index (χ3v) is 4.35. The summed E-state index contributed by atoms with van der Waals surface area (Å²) in [6.07, 6.45) is 0. The summed E-state index contributed by atoms with van der Waals surface area (Å²) in [4.78, 5) is 26.0. The van der Waals surface area contributed by atoms with E-state index in [2.05, 4.69) is 0 Å². The molecule has 1 heterocycles. The van der Waals surface area contributed by atoms with Gasteiger partial charge in [-0.2, -0.15) is 0 Å². The van der Waals surface area contributed by atoms with Gasteiger partial charge in [-0.15, -0.1) is 0 Å². The van der Waals surface area contributed by atoms with Crippen LogP contribution in [0.3, 0.4) is 0 Å². The highest BCUT2D eigenvalue weighted by Gasteiger charge is 2.11. The average Bonchev–Trinajstić information content (AvgIpc) is 2.74. The van der Waals surface area contributed by atoms with Crippen LogP contribution < -0.4 is 11.1 Å². The summed E-state index contributed by atoms with van der Waals surface area (Å²) >= 11 is 0. The van der Waals surface area contributed by atoms with Gasteiger partial charge in [0.1, 0.15) is 5.82 Å². The third kappa shape index (κ3) is 2.62. The van der Waals surface area contributed by atoms with Gasteiger partial charge in [-0.25, -0.2) is 4.39 Å². The first-order valence-electron chi connectivity index (χ1n) is 7.94. The molecule has 0 N–H and O–H groups in total. The molecule has 0 unspecified atom stereocenters. The Morgan fingerprint density at radius 3 is 1.56 bits per heavy atom. The molecule has 0 radical (unpaired) electrons. The summed E-state index contributed by atoms with van der Waals surface area (Å²) < 4.78 is 14.4. The van der Waals surface area contributed by atoms with Crippen molar-refractivity contribution in [2.75, 3.05) is 0 Å². The van der Waals surface area contributed by atoms with Crippen LogP contribution >= 0.6 is 0 Å². The molecule has 0 aliphatic rings. The molecule has 4 heteroatoms. The normalized spacial score (nSPS) is 11.1. The second-order valence-corrected chi connectivity index (χ2v) is 5.91. The molecule has 4 rings (SSSR count). The average molecular weight is 331 g/mol. The van der Waals surface area contributed by atoms with Crippen LogP contribution in [0.15, 0.2) is 82.4 Å². The summed E-state index contributed by atoms with van der Waals surface area (Å²) in [5.74, 6) is -0.354. The number of halogens is 1. The first-order valence-corrected chi connectivity index (χ1v) is 7.94. The number of hydrogen-bond donors (Lipinski definition) is 0. The SMILES string of the molecule is O=c1c2ccccc2c2ccccc2c(=O)n1Cc1ccc(F)cc1. The van der Waals surface area contributed by atoms with Crippen LogP contribution in [0.5, 0.6) is 0 Å². The van der Waals surface area contributed by atoms with Crippen molar-refractivity contribution in [3.05, 3.63) is 105 Å². The molecular weight excluding hydrogens is 317 g/mol. The van der Waals surface area contributed by atoms with E-state index in [9.17, 15) is 14.0 Å². The van der Waals surface area contributed by atoms with Crippen LogP contribution in [-0.2, 0) is 6.54 Å². The van der Waals surface area contributed by atoms with E-state index in [-0.39, 0.29) is 23.5 Å². The van der Waals surface area contributed by atoms with Gasteiger partial charge in [0, 0.05) is 10.8 Å². The molecule has 0 aliphatic carbocycles. The smallest absolute Gasteiger partial charge is 0.261 e. The highest BCUT2D eigenvalue weighted by molar-refractivity contribution is 6.05. The fourth-order valence-corrected chi connectivity index (χ4v) is 3.11. The molecule has 25 heavy (non-hydrogen) atoms. The molecule has 0 saturated heterocycles. The maximum Gasteiger partial charge on any atom is 0.261 e. The van der Waals surface area contributed by atoms with Crippen LogP contribution in [0.4, 0.5) is 4.39 Å². The molecular formula is C21H14FNO2. The second kappa shape index (κ2) is 5.98. The van der Waals surface area contributed by atoms with Crippen molar-refractivity contribution < 1.29 is 4.39 Å². The highest BCUT2D eigenvalue weighted by atomic mass is 19.1. The molecule has 0 fully saturated rings. The third-order valence-electron chi connectivity index (χ3n) is 4.35. The predicted molar refractivity (Wildman–Crippen MR) is 97.5 cm³/mol. The topological polar surface area (TPSA) is 39.1 Å². The molecule has 3 nitrogen and oxygen atoms in total. The Bertz CT molecular complexity index is 1140. The van der Waals surface area contributed by atoms with Gasteiger partial charge < -0.3 is 0 Å². The van der Waals surface area contributed by atoms with Crippen LogP contribution in [0, 0.1) is 5.82 Å². The maximum atomic E-state index is 13.1. The van der Waals surface area contributed by atoms with Crippen molar-refractivity contribution in [3.8, 4) is 0 Å². The van der Waals surface area contributed by atoms with Crippen molar-refractivity contribution >= 4 is 21.5 Å². The summed E-state index contributed by atoms with van der Waals surface area (Å²) in [5, 5.41) is 2.47. The Balaban J connectivity index is 2.11. The molecule has 0 aliphatic heterocycles. The fraction of sp³-hybridized carbons (Fsp3) is 0.0476. The van der Waals surface area contributed by atoms with Gasteiger partial charge in [-0.3, -0.25) is 14.2 Å². The molecule has 3 aromatic carbocycles. The predicted octanol–water partition coefficient (Wildman–Crippen LogP) is 3.70. The number of hydrogen-bond acceptors (Lipinski definition) is 2. The van der Waals surface area contributed by atoms with Gasteiger partial charge in [0.05, 0.1) is 6.54 Å². The molecule has 0 amide bonds. The minimum absolute atomic E-state index is 0.0978. The number of benzene rings is 3. The zero-order valence-corrected chi connectivity index (χ0v) is 13.3. The minimum atomic E-state index is -0.354. The summed E-state index contributed by atoms with van der Waals surface area (Å²) in [5.41, 5.74) is 0.00205. The molecule has 4 aromatic rings. The van der Waals surface area contributed by atoms with Gasteiger partial charge in [-0.1, -0.05) is 48.5 Å². The van der Waals surface area contributed by atoms with Gasteiger partial charge in [0.2, 0.25) is 0 Å². The Morgan fingerprint density at radius 2 is 1.08 bits per heavy atom. The van der Waals surface area contributed by atoms with E-state index >= 15 is 0 Å². The van der Waals surface area contributed by atoms with E-state index in [4.69, 9.17) is 0 Å². The summed E-state index contributed by atoms with van der Waals surface area (Å²) in [6.45, 7) is 0.0978. The fourth-order valence-electron chi connectivity index (χ4n) is 3.11. The van der Waals surface area contributed by atoms with Crippen LogP contribution in [0.1, 0.15) is 5.56 Å². The largest absolute Gasteiger partial charge is 0.270 e. The van der Waals surface area contributed by atoms with E-state index in [0.717, 1.165) is 10.8 Å². The standard InChI is InChI=1S/C21H14FNO2/c22-15-11-9-14(10-12-15)13-23-20(24)18-7-3-1-5-16(18)17-6-2-4-8-19(17)21(23)25/h1-12H,13H2. The van der Waals surface area contributed by atoms with E-state index < -0.39 is 0 Å². The Kier molecular flexibility index (Phi) is 3.65.